The minimum absolute atomic E-state index is 0.0907. The van der Waals surface area contributed by atoms with Gasteiger partial charge in [0.25, 0.3) is 11.5 Å². The van der Waals surface area contributed by atoms with Gasteiger partial charge < -0.3 is 9.88 Å². The van der Waals surface area contributed by atoms with Gasteiger partial charge in [0, 0.05) is 12.6 Å². The van der Waals surface area contributed by atoms with Crippen molar-refractivity contribution in [3.05, 3.63) is 75.3 Å². The second-order valence-electron chi connectivity index (χ2n) is 6.01. The topological polar surface area (TPSA) is 66.1 Å². The lowest BCUT2D eigenvalue weighted by molar-refractivity contribution is 0.0780. The molecule has 3 aromatic rings. The van der Waals surface area contributed by atoms with Crippen LogP contribution >= 0.6 is 0 Å². The van der Waals surface area contributed by atoms with Crippen LogP contribution in [0.2, 0.25) is 0 Å². The molecule has 0 radical (unpaired) electrons. The van der Waals surface area contributed by atoms with Crippen molar-refractivity contribution < 1.29 is 4.79 Å². The summed E-state index contributed by atoms with van der Waals surface area (Å²) in [4.78, 5) is 33.6. The number of nitrogens with one attached hydrogen (secondary N) is 1. The molecule has 0 unspecified atom stereocenters. The Morgan fingerprint density at radius 1 is 1.17 bits per heavy atom. The SMILES string of the molecule is Cc1ccc(C)c(C(=O)N(C)Cc2nc3ccccc3c(=O)[nH]2)c1. The van der Waals surface area contributed by atoms with Crippen molar-refractivity contribution in [3.8, 4) is 0 Å². The van der Waals surface area contributed by atoms with E-state index in [0.29, 0.717) is 22.3 Å². The summed E-state index contributed by atoms with van der Waals surface area (Å²) in [6, 6.07) is 13.0. The van der Waals surface area contributed by atoms with E-state index < -0.39 is 0 Å². The van der Waals surface area contributed by atoms with E-state index >= 15 is 0 Å². The van der Waals surface area contributed by atoms with Crippen LogP contribution < -0.4 is 5.56 Å². The van der Waals surface area contributed by atoms with Crippen molar-refractivity contribution in [3.63, 3.8) is 0 Å². The van der Waals surface area contributed by atoms with Crippen molar-refractivity contribution in [2.24, 2.45) is 0 Å². The van der Waals surface area contributed by atoms with Gasteiger partial charge in [-0.25, -0.2) is 4.98 Å². The predicted molar refractivity (Wildman–Crippen MR) is 94.1 cm³/mol. The fourth-order valence-corrected chi connectivity index (χ4v) is 2.68. The quantitative estimate of drug-likeness (QED) is 0.806. The van der Waals surface area contributed by atoms with E-state index in [1.165, 1.54) is 0 Å². The number of rotatable bonds is 3. The molecule has 0 aliphatic carbocycles. The fraction of sp³-hybridized carbons (Fsp3) is 0.211. The molecule has 0 spiro atoms. The molecule has 1 N–H and O–H groups in total. The molecular formula is C19H19N3O2. The number of fused-ring (bicyclic) bond motifs is 1. The summed E-state index contributed by atoms with van der Waals surface area (Å²) in [6.07, 6.45) is 0. The molecule has 5 nitrogen and oxygen atoms in total. The van der Waals surface area contributed by atoms with Crippen LogP contribution in [0, 0.1) is 13.8 Å². The highest BCUT2D eigenvalue weighted by Gasteiger charge is 2.16. The number of aromatic amines is 1. The average Bonchev–Trinajstić information content (AvgIpc) is 2.56. The highest BCUT2D eigenvalue weighted by atomic mass is 16.2. The number of aryl methyl sites for hydroxylation is 2. The Hall–Kier alpha value is -2.95. The lowest BCUT2D eigenvalue weighted by Crippen LogP contribution is -2.29. The fourth-order valence-electron chi connectivity index (χ4n) is 2.68. The molecular weight excluding hydrogens is 302 g/mol. The Bertz CT molecular complexity index is 976. The Kier molecular flexibility index (Phi) is 4.16. The molecule has 5 heteroatoms. The summed E-state index contributed by atoms with van der Waals surface area (Å²) in [5.74, 6) is 0.381. The van der Waals surface area contributed by atoms with Gasteiger partial charge in [-0.1, -0.05) is 29.8 Å². The monoisotopic (exact) mass is 321 g/mol. The highest BCUT2D eigenvalue weighted by molar-refractivity contribution is 5.95. The maximum absolute atomic E-state index is 12.7. The summed E-state index contributed by atoms with van der Waals surface area (Å²) in [5.41, 5.74) is 3.07. The first-order valence-electron chi connectivity index (χ1n) is 7.76. The largest absolute Gasteiger partial charge is 0.334 e. The van der Waals surface area contributed by atoms with E-state index in [2.05, 4.69) is 9.97 Å². The normalized spacial score (nSPS) is 10.8. The Morgan fingerprint density at radius 2 is 1.92 bits per heavy atom. The van der Waals surface area contributed by atoms with Crippen molar-refractivity contribution in [1.29, 1.82) is 0 Å². The van der Waals surface area contributed by atoms with E-state index in [1.807, 2.05) is 38.1 Å². The summed E-state index contributed by atoms with van der Waals surface area (Å²) < 4.78 is 0. The van der Waals surface area contributed by atoms with E-state index in [0.717, 1.165) is 11.1 Å². The molecule has 2 aromatic carbocycles. The molecule has 1 heterocycles. The van der Waals surface area contributed by atoms with E-state index in [1.54, 1.807) is 30.1 Å². The molecule has 0 saturated carbocycles. The zero-order valence-corrected chi connectivity index (χ0v) is 14.0. The summed E-state index contributed by atoms with van der Waals surface area (Å²) in [7, 11) is 1.71. The Morgan fingerprint density at radius 3 is 2.71 bits per heavy atom. The zero-order valence-electron chi connectivity index (χ0n) is 14.0. The number of hydrogen-bond acceptors (Lipinski definition) is 3. The van der Waals surface area contributed by atoms with Gasteiger partial charge in [-0.05, 0) is 37.6 Å². The number of aromatic nitrogens is 2. The maximum Gasteiger partial charge on any atom is 0.258 e. The van der Waals surface area contributed by atoms with E-state index in [9.17, 15) is 9.59 Å². The molecule has 1 aromatic heterocycles. The van der Waals surface area contributed by atoms with Crippen LogP contribution in [0.3, 0.4) is 0 Å². The maximum atomic E-state index is 12.7. The van der Waals surface area contributed by atoms with Gasteiger partial charge in [0.1, 0.15) is 5.82 Å². The molecule has 1 amide bonds. The van der Waals surface area contributed by atoms with Crippen molar-refractivity contribution in [1.82, 2.24) is 14.9 Å². The van der Waals surface area contributed by atoms with Gasteiger partial charge in [0.15, 0.2) is 0 Å². The van der Waals surface area contributed by atoms with Gasteiger partial charge in [-0.3, -0.25) is 9.59 Å². The molecule has 3 rings (SSSR count). The number of amides is 1. The summed E-state index contributed by atoms with van der Waals surface area (Å²) in [6.45, 7) is 4.11. The van der Waals surface area contributed by atoms with Gasteiger partial charge in [-0.2, -0.15) is 0 Å². The molecule has 0 bridgehead atoms. The third kappa shape index (κ3) is 3.06. The number of para-hydroxylation sites is 1. The number of carbonyl (C=O) groups excluding carboxylic acids is 1. The Labute approximate surface area is 140 Å². The van der Waals surface area contributed by atoms with Crippen LogP contribution in [0.4, 0.5) is 0 Å². The molecule has 24 heavy (non-hydrogen) atoms. The van der Waals surface area contributed by atoms with Gasteiger partial charge in [0.2, 0.25) is 0 Å². The number of nitrogens with zero attached hydrogens (tertiary/aromatic N) is 2. The second-order valence-corrected chi connectivity index (χ2v) is 6.01. The number of benzene rings is 2. The standard InChI is InChI=1S/C19H19N3O2/c1-12-8-9-13(2)15(10-12)19(24)22(3)11-17-20-16-7-5-4-6-14(16)18(23)21-17/h4-10H,11H2,1-3H3,(H,20,21,23). The van der Waals surface area contributed by atoms with E-state index in [-0.39, 0.29) is 18.0 Å². The van der Waals surface area contributed by atoms with Crippen LogP contribution in [-0.4, -0.2) is 27.8 Å². The average molecular weight is 321 g/mol. The summed E-state index contributed by atoms with van der Waals surface area (Å²) >= 11 is 0. The second kappa shape index (κ2) is 6.28. The van der Waals surface area contributed by atoms with Gasteiger partial charge in [0.05, 0.1) is 17.4 Å². The van der Waals surface area contributed by atoms with Crippen LogP contribution in [0.1, 0.15) is 27.3 Å². The first-order chi connectivity index (χ1) is 11.5. The summed E-state index contributed by atoms with van der Waals surface area (Å²) in [5, 5.41) is 0.546. The minimum atomic E-state index is -0.191. The lowest BCUT2D eigenvalue weighted by atomic mass is 10.0. The molecule has 122 valence electrons. The van der Waals surface area contributed by atoms with Gasteiger partial charge >= 0.3 is 0 Å². The predicted octanol–water partition coefficient (Wildman–Crippen LogP) is 2.81. The number of H-pyrrole nitrogens is 1. The zero-order chi connectivity index (χ0) is 17.3. The van der Waals surface area contributed by atoms with Crippen LogP contribution in [-0.2, 0) is 6.54 Å². The van der Waals surface area contributed by atoms with Crippen molar-refractivity contribution in [2.75, 3.05) is 7.05 Å². The van der Waals surface area contributed by atoms with Gasteiger partial charge in [-0.15, -0.1) is 0 Å². The van der Waals surface area contributed by atoms with E-state index in [4.69, 9.17) is 0 Å². The van der Waals surface area contributed by atoms with Crippen molar-refractivity contribution >= 4 is 16.8 Å². The van der Waals surface area contributed by atoms with Crippen LogP contribution in [0.15, 0.2) is 47.3 Å². The molecule has 0 fully saturated rings. The van der Waals surface area contributed by atoms with Crippen LogP contribution in [0.5, 0.6) is 0 Å². The molecule has 0 aliphatic rings. The highest BCUT2D eigenvalue weighted by Crippen LogP contribution is 2.14. The molecule has 0 saturated heterocycles. The first kappa shape index (κ1) is 15.9. The Balaban J connectivity index is 1.89. The first-order valence-corrected chi connectivity index (χ1v) is 7.76. The smallest absolute Gasteiger partial charge is 0.258 e. The molecule has 0 atom stereocenters. The number of hydrogen-bond donors (Lipinski definition) is 1. The molecule has 0 aliphatic heterocycles. The van der Waals surface area contributed by atoms with Crippen LogP contribution in [0.25, 0.3) is 10.9 Å². The third-order valence-corrected chi connectivity index (χ3v) is 4.02. The number of carbonyl (C=O) groups is 1. The third-order valence-electron chi connectivity index (χ3n) is 4.02. The minimum Gasteiger partial charge on any atom is -0.334 e. The lowest BCUT2D eigenvalue weighted by Gasteiger charge is -2.18. The van der Waals surface area contributed by atoms with Crippen molar-refractivity contribution in [2.45, 2.75) is 20.4 Å².